The summed E-state index contributed by atoms with van der Waals surface area (Å²) >= 11 is 0. The smallest absolute Gasteiger partial charge is 0.309 e. The van der Waals surface area contributed by atoms with Gasteiger partial charge < -0.3 is 19.4 Å². The summed E-state index contributed by atoms with van der Waals surface area (Å²) in [4.78, 5) is 29.1. The lowest BCUT2D eigenvalue weighted by Crippen LogP contribution is -2.46. The van der Waals surface area contributed by atoms with Crippen molar-refractivity contribution in [3.8, 4) is 17.0 Å². The van der Waals surface area contributed by atoms with Crippen molar-refractivity contribution in [1.29, 1.82) is 0 Å². The highest BCUT2D eigenvalue weighted by Gasteiger charge is 2.37. The van der Waals surface area contributed by atoms with Crippen molar-refractivity contribution in [2.75, 3.05) is 25.1 Å². The first-order valence-corrected chi connectivity index (χ1v) is 10.9. The van der Waals surface area contributed by atoms with Crippen LogP contribution in [0.5, 0.6) is 5.75 Å². The molecule has 0 spiro atoms. The molecule has 4 heterocycles. The van der Waals surface area contributed by atoms with E-state index in [-0.39, 0.29) is 17.0 Å². The van der Waals surface area contributed by atoms with Crippen molar-refractivity contribution >= 4 is 22.6 Å². The normalized spacial score (nSPS) is 17.6. The molecule has 1 amide bonds. The van der Waals surface area contributed by atoms with E-state index in [4.69, 9.17) is 14.6 Å². The number of rotatable bonds is 6. The summed E-state index contributed by atoms with van der Waals surface area (Å²) in [6.07, 6.45) is 6.58. The second kappa shape index (κ2) is 7.74. The Hall–Kier alpha value is -3.20. The average molecular weight is 438 g/mol. The van der Waals surface area contributed by atoms with E-state index in [1.54, 1.807) is 16.9 Å². The average Bonchev–Trinajstić information content (AvgIpc) is 3.02. The van der Waals surface area contributed by atoms with E-state index in [2.05, 4.69) is 17.2 Å². The lowest BCUT2D eigenvalue weighted by atomic mass is 9.78. The van der Waals surface area contributed by atoms with Gasteiger partial charge in [-0.1, -0.05) is 0 Å². The van der Waals surface area contributed by atoms with Gasteiger partial charge in [-0.25, -0.2) is 9.67 Å². The molecule has 32 heavy (non-hydrogen) atoms. The molecule has 1 aliphatic heterocycles. The fourth-order valence-electron chi connectivity index (χ4n) is 4.29. The molecule has 1 saturated heterocycles. The zero-order valence-corrected chi connectivity index (χ0v) is 18.6. The summed E-state index contributed by atoms with van der Waals surface area (Å²) in [5, 5.41) is 8.41. The number of hydrogen-bond donors (Lipinski definition) is 1. The van der Waals surface area contributed by atoms with E-state index in [0.29, 0.717) is 43.0 Å². The number of anilines is 1. The van der Waals surface area contributed by atoms with E-state index in [0.717, 1.165) is 35.7 Å². The topological polar surface area (TPSA) is 100 Å². The van der Waals surface area contributed by atoms with E-state index in [1.807, 2.05) is 23.9 Å². The lowest BCUT2D eigenvalue weighted by Gasteiger charge is -2.39. The summed E-state index contributed by atoms with van der Waals surface area (Å²) in [6, 6.07) is 3.56. The summed E-state index contributed by atoms with van der Waals surface area (Å²) in [5.41, 5.74) is 1.90. The van der Waals surface area contributed by atoms with Crippen LogP contribution in [0.2, 0.25) is 0 Å². The zero-order chi connectivity index (χ0) is 22.5. The van der Waals surface area contributed by atoms with E-state index in [1.165, 1.54) is 6.92 Å². The minimum absolute atomic E-state index is 0.186. The number of amides is 1. The Labute approximate surface area is 185 Å². The van der Waals surface area contributed by atoms with Crippen LogP contribution in [0.4, 0.5) is 5.82 Å². The Balaban J connectivity index is 1.63. The molecule has 3 aromatic rings. The van der Waals surface area contributed by atoms with Crippen LogP contribution in [0.15, 0.2) is 29.3 Å². The monoisotopic (exact) mass is 437 g/mol. The summed E-state index contributed by atoms with van der Waals surface area (Å²) in [7, 11) is 1.93. The van der Waals surface area contributed by atoms with Crippen LogP contribution < -0.4 is 15.6 Å². The number of ether oxygens (including phenoxy) is 2. The fraction of sp³-hybridized carbons (Fsp3) is 0.478. The van der Waals surface area contributed by atoms with Gasteiger partial charge in [0.1, 0.15) is 5.82 Å². The van der Waals surface area contributed by atoms with Crippen LogP contribution in [-0.2, 0) is 22.1 Å². The Morgan fingerprint density at radius 3 is 2.75 bits per heavy atom. The van der Waals surface area contributed by atoms with Gasteiger partial charge >= 0.3 is 5.56 Å². The summed E-state index contributed by atoms with van der Waals surface area (Å²) < 4.78 is 14.8. The van der Waals surface area contributed by atoms with Gasteiger partial charge in [-0.05, 0) is 32.3 Å². The molecule has 2 fully saturated rings. The van der Waals surface area contributed by atoms with Gasteiger partial charge in [0.25, 0.3) is 0 Å². The Bertz CT molecular complexity index is 1250. The van der Waals surface area contributed by atoms with Crippen molar-refractivity contribution in [2.45, 2.75) is 38.6 Å². The number of hydrogen-bond acceptors (Lipinski definition) is 6. The largest absolute Gasteiger partial charge is 0.487 e. The van der Waals surface area contributed by atoms with Crippen molar-refractivity contribution in [2.24, 2.45) is 13.0 Å². The molecule has 9 nitrogen and oxygen atoms in total. The lowest BCUT2D eigenvalue weighted by molar-refractivity contribution is -0.114. The number of aryl methyl sites for hydroxylation is 1. The van der Waals surface area contributed by atoms with Crippen LogP contribution in [0.1, 0.15) is 33.1 Å². The molecule has 2 aliphatic rings. The first kappa shape index (κ1) is 20.7. The van der Waals surface area contributed by atoms with Crippen LogP contribution in [0, 0.1) is 5.92 Å². The molecule has 0 unspecified atom stereocenters. The maximum atomic E-state index is 13.2. The van der Waals surface area contributed by atoms with E-state index >= 15 is 0 Å². The summed E-state index contributed by atoms with van der Waals surface area (Å²) in [6.45, 7) is 5.28. The number of carbonyl (C=O) groups is 1. The maximum Gasteiger partial charge on any atom is 0.309 e. The van der Waals surface area contributed by atoms with Gasteiger partial charge in [-0.3, -0.25) is 9.59 Å². The van der Waals surface area contributed by atoms with Crippen molar-refractivity contribution in [3.05, 3.63) is 34.9 Å². The Morgan fingerprint density at radius 1 is 1.34 bits per heavy atom. The predicted molar refractivity (Wildman–Crippen MR) is 120 cm³/mol. The van der Waals surface area contributed by atoms with E-state index < -0.39 is 0 Å². The molecule has 0 bridgehead atoms. The Morgan fingerprint density at radius 2 is 2.12 bits per heavy atom. The Kier molecular flexibility index (Phi) is 5.00. The molecule has 0 radical (unpaired) electrons. The summed E-state index contributed by atoms with van der Waals surface area (Å²) in [5.74, 6) is 0.901. The van der Waals surface area contributed by atoms with Gasteiger partial charge in [0, 0.05) is 43.1 Å². The second-order valence-electron chi connectivity index (χ2n) is 9.10. The maximum absolute atomic E-state index is 13.2. The number of carbonyl (C=O) groups excluding carboxylic acids is 1. The molecule has 0 atom stereocenters. The van der Waals surface area contributed by atoms with Gasteiger partial charge in [0.15, 0.2) is 5.75 Å². The van der Waals surface area contributed by atoms with Gasteiger partial charge in [-0.2, -0.15) is 5.10 Å². The van der Waals surface area contributed by atoms with Crippen molar-refractivity contribution in [1.82, 2.24) is 19.3 Å². The van der Waals surface area contributed by atoms with Crippen LogP contribution in [0.25, 0.3) is 22.2 Å². The third-order valence-corrected chi connectivity index (χ3v) is 6.46. The predicted octanol–water partition coefficient (Wildman–Crippen LogP) is 2.68. The van der Waals surface area contributed by atoms with Gasteiger partial charge in [0.05, 0.1) is 42.8 Å². The number of pyridine rings is 1. The highest BCUT2D eigenvalue weighted by molar-refractivity contribution is 5.98. The molecule has 168 valence electrons. The van der Waals surface area contributed by atoms with Crippen molar-refractivity contribution < 1.29 is 14.3 Å². The molecule has 1 aliphatic carbocycles. The van der Waals surface area contributed by atoms with E-state index in [9.17, 15) is 9.59 Å². The van der Waals surface area contributed by atoms with Crippen molar-refractivity contribution in [3.63, 3.8) is 0 Å². The third-order valence-electron chi connectivity index (χ3n) is 6.46. The standard InChI is InChI=1S/C23H27N5O4/c1-14(29)25-21-7-16-17(10-27(3)19(16)9-24-21)18-8-20(32-13-15-11-31-12-15)22(30)28(26-18)23(2)5-4-6-23/h7-10,15H,4-6,11-13H2,1-3H3,(H,24,25,29). The molecule has 0 aromatic carbocycles. The van der Waals surface area contributed by atoms with Crippen LogP contribution in [0.3, 0.4) is 0 Å². The van der Waals surface area contributed by atoms with Gasteiger partial charge in [-0.15, -0.1) is 0 Å². The minimum atomic E-state index is -0.307. The number of nitrogens with zero attached hydrogens (tertiary/aromatic N) is 4. The highest BCUT2D eigenvalue weighted by atomic mass is 16.5. The quantitative estimate of drug-likeness (QED) is 0.636. The minimum Gasteiger partial charge on any atom is -0.487 e. The molecule has 5 rings (SSSR count). The second-order valence-corrected chi connectivity index (χ2v) is 9.10. The molecule has 1 N–H and O–H groups in total. The molecular weight excluding hydrogens is 410 g/mol. The number of nitrogens with one attached hydrogen (secondary N) is 1. The van der Waals surface area contributed by atoms with Gasteiger partial charge in [0.2, 0.25) is 5.91 Å². The van der Waals surface area contributed by atoms with Crippen LogP contribution >= 0.6 is 0 Å². The zero-order valence-electron chi connectivity index (χ0n) is 18.6. The first-order chi connectivity index (χ1) is 15.3. The molecule has 9 heteroatoms. The molecule has 3 aromatic heterocycles. The highest BCUT2D eigenvalue weighted by Crippen LogP contribution is 2.38. The first-order valence-electron chi connectivity index (χ1n) is 10.9. The number of aromatic nitrogens is 4. The van der Waals surface area contributed by atoms with Crippen LogP contribution in [-0.4, -0.2) is 45.1 Å². The molecule has 1 saturated carbocycles. The number of fused-ring (bicyclic) bond motifs is 1. The fourth-order valence-corrected chi connectivity index (χ4v) is 4.29. The third kappa shape index (κ3) is 3.56. The molecular formula is C23H27N5O4. The SMILES string of the molecule is CC(=O)Nc1cc2c(-c3cc(OCC4COC4)c(=O)n(C4(C)CCC4)n3)cn(C)c2cn1.